The largest absolute Gasteiger partial charge is 0.396 e. The van der Waals surface area contributed by atoms with Crippen LogP contribution in [0, 0.1) is 5.41 Å². The van der Waals surface area contributed by atoms with E-state index in [1.54, 1.807) is 11.3 Å². The fourth-order valence-electron chi connectivity index (χ4n) is 1.66. The van der Waals surface area contributed by atoms with Crippen molar-refractivity contribution in [3.05, 3.63) is 22.4 Å². The van der Waals surface area contributed by atoms with Crippen molar-refractivity contribution in [1.29, 1.82) is 0 Å². The molecule has 4 heteroatoms. The summed E-state index contributed by atoms with van der Waals surface area (Å²) in [6.07, 6.45) is 1.07. The minimum atomic E-state index is -0.00451. The number of aliphatic hydroxyl groups excluding tert-OH is 1. The molecule has 0 unspecified atom stereocenters. The van der Waals surface area contributed by atoms with E-state index >= 15 is 0 Å². The van der Waals surface area contributed by atoms with Crippen molar-refractivity contribution in [3.8, 4) is 0 Å². The monoisotopic (exact) mass is 227 g/mol. The summed E-state index contributed by atoms with van der Waals surface area (Å²) in [5, 5.41) is 14.7. The molecule has 2 N–H and O–H groups in total. The lowest BCUT2D eigenvalue weighted by Gasteiger charge is -2.40. The highest BCUT2D eigenvalue weighted by molar-refractivity contribution is 7.09. The number of hydrogen-bond donors (Lipinski definition) is 2. The SMILES string of the molecule is OCC1(CNCCc2cccs2)COC1. The van der Waals surface area contributed by atoms with Crippen LogP contribution in [0.4, 0.5) is 0 Å². The second-order valence-corrected chi connectivity index (χ2v) is 5.19. The topological polar surface area (TPSA) is 41.5 Å². The van der Waals surface area contributed by atoms with E-state index in [1.807, 2.05) is 0 Å². The molecule has 1 aliphatic rings. The summed E-state index contributed by atoms with van der Waals surface area (Å²) in [4.78, 5) is 1.41. The summed E-state index contributed by atoms with van der Waals surface area (Å²) in [6.45, 7) is 3.43. The fourth-order valence-corrected chi connectivity index (χ4v) is 2.37. The van der Waals surface area contributed by atoms with Gasteiger partial charge in [0.05, 0.1) is 25.2 Å². The highest BCUT2D eigenvalue weighted by Gasteiger charge is 2.37. The van der Waals surface area contributed by atoms with Crippen molar-refractivity contribution in [2.45, 2.75) is 6.42 Å². The average molecular weight is 227 g/mol. The highest BCUT2D eigenvalue weighted by atomic mass is 32.1. The normalized spacial score (nSPS) is 18.7. The van der Waals surface area contributed by atoms with Crippen molar-refractivity contribution in [1.82, 2.24) is 5.32 Å². The zero-order chi connectivity index (χ0) is 10.6. The summed E-state index contributed by atoms with van der Waals surface area (Å²) in [5.74, 6) is 0. The van der Waals surface area contributed by atoms with Gasteiger partial charge in [0, 0.05) is 11.4 Å². The van der Waals surface area contributed by atoms with Gasteiger partial charge in [-0.3, -0.25) is 0 Å². The van der Waals surface area contributed by atoms with Gasteiger partial charge in [-0.25, -0.2) is 0 Å². The molecule has 15 heavy (non-hydrogen) atoms. The van der Waals surface area contributed by atoms with E-state index < -0.39 is 0 Å². The van der Waals surface area contributed by atoms with Gasteiger partial charge in [0.2, 0.25) is 0 Å². The maximum Gasteiger partial charge on any atom is 0.0579 e. The molecule has 0 amide bonds. The van der Waals surface area contributed by atoms with E-state index in [1.165, 1.54) is 4.88 Å². The molecular formula is C11H17NO2S. The molecule has 0 bridgehead atoms. The van der Waals surface area contributed by atoms with Gasteiger partial charge in [-0.2, -0.15) is 0 Å². The van der Waals surface area contributed by atoms with E-state index in [2.05, 4.69) is 22.8 Å². The predicted octanol–water partition coefficient (Wildman–Crippen LogP) is 0.889. The van der Waals surface area contributed by atoms with E-state index in [-0.39, 0.29) is 12.0 Å². The van der Waals surface area contributed by atoms with Gasteiger partial charge >= 0.3 is 0 Å². The van der Waals surface area contributed by atoms with Crippen molar-refractivity contribution in [2.24, 2.45) is 5.41 Å². The lowest BCUT2D eigenvalue weighted by molar-refractivity contribution is -0.134. The van der Waals surface area contributed by atoms with Gasteiger partial charge < -0.3 is 15.2 Å². The Morgan fingerprint density at radius 2 is 2.40 bits per heavy atom. The van der Waals surface area contributed by atoms with Crippen LogP contribution in [0.2, 0.25) is 0 Å². The molecule has 1 aliphatic heterocycles. The van der Waals surface area contributed by atoms with Crippen LogP contribution < -0.4 is 5.32 Å². The van der Waals surface area contributed by atoms with E-state index in [9.17, 15) is 5.11 Å². The number of aliphatic hydroxyl groups is 1. The Morgan fingerprint density at radius 1 is 1.53 bits per heavy atom. The number of rotatable bonds is 6. The summed E-state index contributed by atoms with van der Waals surface area (Å²) in [6, 6.07) is 4.23. The van der Waals surface area contributed by atoms with Gasteiger partial charge in [0.25, 0.3) is 0 Å². The predicted molar refractivity (Wildman–Crippen MR) is 61.2 cm³/mol. The van der Waals surface area contributed by atoms with E-state index in [0.717, 1.165) is 19.5 Å². The molecule has 0 spiro atoms. The van der Waals surface area contributed by atoms with Crippen LogP contribution in [-0.2, 0) is 11.2 Å². The number of hydrogen-bond acceptors (Lipinski definition) is 4. The van der Waals surface area contributed by atoms with Gasteiger partial charge in [0.15, 0.2) is 0 Å². The molecule has 3 nitrogen and oxygen atoms in total. The molecule has 84 valence electrons. The summed E-state index contributed by atoms with van der Waals surface area (Å²) in [5.41, 5.74) is -0.00451. The first kappa shape index (κ1) is 11.1. The first-order chi connectivity index (χ1) is 7.35. The minimum absolute atomic E-state index is 0.00451. The Balaban J connectivity index is 1.62. The zero-order valence-corrected chi connectivity index (χ0v) is 9.55. The van der Waals surface area contributed by atoms with Crippen LogP contribution in [0.15, 0.2) is 17.5 Å². The Bertz CT molecular complexity index is 277. The first-order valence-corrected chi connectivity index (χ1v) is 6.14. The van der Waals surface area contributed by atoms with Crippen LogP contribution in [-0.4, -0.2) is 38.0 Å². The molecule has 1 fully saturated rings. The molecule has 1 aromatic heterocycles. The summed E-state index contributed by atoms with van der Waals surface area (Å²) >= 11 is 1.79. The third kappa shape index (κ3) is 2.78. The van der Waals surface area contributed by atoms with Crippen LogP contribution >= 0.6 is 11.3 Å². The Hall–Kier alpha value is -0.420. The molecule has 0 atom stereocenters. The zero-order valence-electron chi connectivity index (χ0n) is 8.74. The van der Waals surface area contributed by atoms with Crippen LogP contribution in [0.5, 0.6) is 0 Å². The van der Waals surface area contributed by atoms with Crippen LogP contribution in [0.3, 0.4) is 0 Å². The Kier molecular flexibility index (Phi) is 3.75. The molecule has 1 aromatic rings. The van der Waals surface area contributed by atoms with Crippen molar-refractivity contribution < 1.29 is 9.84 Å². The number of nitrogens with one attached hydrogen (secondary N) is 1. The standard InChI is InChI=1S/C11H17NO2S/c13-7-11(8-14-9-11)6-12-4-3-10-2-1-5-15-10/h1-2,5,12-13H,3-4,6-9H2. The fraction of sp³-hybridized carbons (Fsp3) is 0.636. The van der Waals surface area contributed by atoms with Gasteiger partial charge in [-0.15, -0.1) is 11.3 Å². The molecule has 0 saturated carbocycles. The molecule has 2 rings (SSSR count). The maximum atomic E-state index is 9.20. The van der Waals surface area contributed by atoms with E-state index in [4.69, 9.17) is 4.74 Å². The molecular weight excluding hydrogens is 210 g/mol. The first-order valence-electron chi connectivity index (χ1n) is 5.26. The van der Waals surface area contributed by atoms with Crippen LogP contribution in [0.25, 0.3) is 0 Å². The second-order valence-electron chi connectivity index (χ2n) is 4.16. The molecule has 2 heterocycles. The smallest absolute Gasteiger partial charge is 0.0579 e. The quantitative estimate of drug-likeness (QED) is 0.709. The van der Waals surface area contributed by atoms with E-state index in [0.29, 0.717) is 13.2 Å². The lowest BCUT2D eigenvalue weighted by atomic mass is 9.87. The maximum absolute atomic E-state index is 9.20. The van der Waals surface area contributed by atoms with Gasteiger partial charge in [-0.1, -0.05) is 6.07 Å². The van der Waals surface area contributed by atoms with Gasteiger partial charge in [-0.05, 0) is 24.4 Å². The highest BCUT2D eigenvalue weighted by Crippen LogP contribution is 2.25. The Morgan fingerprint density at radius 3 is 2.93 bits per heavy atom. The third-order valence-electron chi connectivity index (χ3n) is 2.78. The van der Waals surface area contributed by atoms with Crippen molar-refractivity contribution in [2.75, 3.05) is 32.9 Å². The minimum Gasteiger partial charge on any atom is -0.396 e. The van der Waals surface area contributed by atoms with Crippen molar-refractivity contribution >= 4 is 11.3 Å². The third-order valence-corrected chi connectivity index (χ3v) is 3.72. The summed E-state index contributed by atoms with van der Waals surface area (Å²) < 4.78 is 5.13. The summed E-state index contributed by atoms with van der Waals surface area (Å²) in [7, 11) is 0. The lowest BCUT2D eigenvalue weighted by Crippen LogP contribution is -2.52. The van der Waals surface area contributed by atoms with Crippen molar-refractivity contribution in [3.63, 3.8) is 0 Å². The number of ether oxygens (including phenoxy) is 1. The molecule has 0 aliphatic carbocycles. The molecule has 0 radical (unpaired) electrons. The molecule has 1 saturated heterocycles. The van der Waals surface area contributed by atoms with Gasteiger partial charge in [0.1, 0.15) is 0 Å². The van der Waals surface area contributed by atoms with Crippen LogP contribution in [0.1, 0.15) is 4.88 Å². The second kappa shape index (κ2) is 5.07. The molecule has 0 aromatic carbocycles. The Labute approximate surface area is 94.1 Å². The average Bonchev–Trinajstić information content (AvgIpc) is 2.68. The number of thiophene rings is 1.